The zero-order valence-electron chi connectivity index (χ0n) is 11.3. The summed E-state index contributed by atoms with van der Waals surface area (Å²) in [5.41, 5.74) is 6.32. The first kappa shape index (κ1) is 13.3. The number of nitrogens with zero attached hydrogens (tertiary/aromatic N) is 2. The van der Waals surface area contributed by atoms with Crippen LogP contribution in [0.2, 0.25) is 0 Å². The van der Waals surface area contributed by atoms with E-state index in [-0.39, 0.29) is 5.54 Å². The Bertz CT molecular complexity index is 249. The molecule has 0 aliphatic carbocycles. The Balaban J connectivity index is 1.98. The fraction of sp³-hybridized carbons (Fsp3) is 1.00. The van der Waals surface area contributed by atoms with Crippen LogP contribution in [0.3, 0.4) is 0 Å². The van der Waals surface area contributed by atoms with Crippen molar-refractivity contribution in [1.29, 1.82) is 0 Å². The Morgan fingerprint density at radius 1 is 1.47 bits per heavy atom. The lowest BCUT2D eigenvalue weighted by atomic mass is 9.87. The minimum atomic E-state index is 0.202. The molecule has 0 bridgehead atoms. The third kappa shape index (κ3) is 2.36. The summed E-state index contributed by atoms with van der Waals surface area (Å²) in [5.74, 6) is 0. The van der Waals surface area contributed by atoms with E-state index < -0.39 is 0 Å². The van der Waals surface area contributed by atoms with Gasteiger partial charge in [-0.3, -0.25) is 9.80 Å². The van der Waals surface area contributed by atoms with E-state index in [2.05, 4.69) is 16.8 Å². The Labute approximate surface area is 105 Å². The molecule has 2 unspecified atom stereocenters. The predicted octanol–water partition coefficient (Wildman–Crippen LogP) is 0.520. The van der Waals surface area contributed by atoms with E-state index in [0.717, 1.165) is 26.3 Å². The molecule has 2 aliphatic rings. The van der Waals surface area contributed by atoms with E-state index in [0.29, 0.717) is 6.04 Å². The Kier molecular flexibility index (Phi) is 4.42. The zero-order chi connectivity index (χ0) is 12.3. The number of hydrogen-bond acceptors (Lipinski definition) is 4. The van der Waals surface area contributed by atoms with E-state index in [1.165, 1.54) is 32.4 Å². The molecule has 2 rings (SSSR count). The first-order valence-electron chi connectivity index (χ1n) is 6.97. The van der Waals surface area contributed by atoms with Crippen LogP contribution in [0, 0.1) is 0 Å². The summed E-state index contributed by atoms with van der Waals surface area (Å²) in [7, 11) is 2.22. The Hall–Kier alpha value is -0.160. The highest BCUT2D eigenvalue weighted by atomic mass is 16.5. The number of ether oxygens (including phenoxy) is 1. The lowest BCUT2D eigenvalue weighted by Gasteiger charge is -2.42. The van der Waals surface area contributed by atoms with Gasteiger partial charge in [-0.05, 0) is 39.8 Å². The van der Waals surface area contributed by atoms with Gasteiger partial charge in [0.05, 0.1) is 6.61 Å². The first-order valence-corrected chi connectivity index (χ1v) is 6.97. The summed E-state index contributed by atoms with van der Waals surface area (Å²) >= 11 is 0. The average Bonchev–Trinajstić information content (AvgIpc) is 2.90. The standard InChI is InChI=1S/C13H27N3O/c1-3-17-10-9-15(2)13(11-14)6-8-16-7-4-5-12(13)16/h12H,3-11,14H2,1-2H3. The molecule has 4 nitrogen and oxygen atoms in total. The summed E-state index contributed by atoms with van der Waals surface area (Å²) in [4.78, 5) is 5.09. The van der Waals surface area contributed by atoms with Crippen molar-refractivity contribution in [3.05, 3.63) is 0 Å². The molecule has 17 heavy (non-hydrogen) atoms. The zero-order valence-corrected chi connectivity index (χ0v) is 11.3. The van der Waals surface area contributed by atoms with Crippen molar-refractivity contribution in [2.24, 2.45) is 5.73 Å². The van der Waals surface area contributed by atoms with Gasteiger partial charge in [0.15, 0.2) is 0 Å². The molecule has 0 radical (unpaired) electrons. The van der Waals surface area contributed by atoms with E-state index in [4.69, 9.17) is 10.5 Å². The molecule has 4 heteroatoms. The van der Waals surface area contributed by atoms with Gasteiger partial charge in [-0.2, -0.15) is 0 Å². The van der Waals surface area contributed by atoms with Gasteiger partial charge in [0.25, 0.3) is 0 Å². The van der Waals surface area contributed by atoms with Gasteiger partial charge < -0.3 is 10.5 Å². The maximum atomic E-state index is 6.12. The van der Waals surface area contributed by atoms with Gasteiger partial charge >= 0.3 is 0 Å². The largest absolute Gasteiger partial charge is 0.380 e. The van der Waals surface area contributed by atoms with Crippen LogP contribution in [-0.4, -0.2) is 67.8 Å². The maximum Gasteiger partial charge on any atom is 0.0593 e. The average molecular weight is 241 g/mol. The first-order chi connectivity index (χ1) is 8.24. The van der Waals surface area contributed by atoms with Crippen LogP contribution < -0.4 is 5.73 Å². The molecule has 2 N–H and O–H groups in total. The second-order valence-electron chi connectivity index (χ2n) is 5.37. The third-order valence-electron chi connectivity index (χ3n) is 4.70. The fourth-order valence-corrected chi connectivity index (χ4v) is 3.61. The van der Waals surface area contributed by atoms with E-state index in [9.17, 15) is 0 Å². The topological polar surface area (TPSA) is 41.7 Å². The third-order valence-corrected chi connectivity index (χ3v) is 4.70. The summed E-state index contributed by atoms with van der Waals surface area (Å²) in [5, 5.41) is 0. The van der Waals surface area contributed by atoms with Crippen LogP contribution in [0.25, 0.3) is 0 Å². The Morgan fingerprint density at radius 3 is 3.00 bits per heavy atom. The molecule has 0 spiro atoms. The molecule has 0 aromatic heterocycles. The van der Waals surface area contributed by atoms with Crippen molar-refractivity contribution in [2.75, 3.05) is 46.4 Å². The van der Waals surface area contributed by atoms with Crippen molar-refractivity contribution in [1.82, 2.24) is 9.80 Å². The molecular weight excluding hydrogens is 214 g/mol. The number of fused-ring (bicyclic) bond motifs is 1. The van der Waals surface area contributed by atoms with Crippen molar-refractivity contribution in [3.8, 4) is 0 Å². The van der Waals surface area contributed by atoms with Gasteiger partial charge in [-0.15, -0.1) is 0 Å². The minimum Gasteiger partial charge on any atom is -0.380 e. The molecule has 2 heterocycles. The summed E-state index contributed by atoms with van der Waals surface area (Å²) in [6, 6.07) is 0.680. The fourth-order valence-electron chi connectivity index (χ4n) is 3.61. The molecule has 0 aromatic carbocycles. The summed E-state index contributed by atoms with van der Waals surface area (Å²) in [6.07, 6.45) is 3.87. The molecule has 2 atom stereocenters. The molecule has 2 aliphatic heterocycles. The number of likely N-dealkylation sites (N-methyl/N-ethyl adjacent to an activating group) is 1. The predicted molar refractivity (Wildman–Crippen MR) is 70.1 cm³/mol. The quantitative estimate of drug-likeness (QED) is 0.689. The van der Waals surface area contributed by atoms with Gasteiger partial charge in [-0.1, -0.05) is 0 Å². The minimum absolute atomic E-state index is 0.202. The van der Waals surface area contributed by atoms with Crippen LogP contribution >= 0.6 is 0 Å². The van der Waals surface area contributed by atoms with Gasteiger partial charge in [0, 0.05) is 37.8 Å². The van der Waals surface area contributed by atoms with Gasteiger partial charge in [0.1, 0.15) is 0 Å². The van der Waals surface area contributed by atoms with Crippen LogP contribution in [-0.2, 0) is 4.74 Å². The highest BCUT2D eigenvalue weighted by Crippen LogP contribution is 2.38. The summed E-state index contributed by atoms with van der Waals surface area (Å²) in [6.45, 7) is 7.94. The monoisotopic (exact) mass is 241 g/mol. The molecule has 0 saturated carbocycles. The molecule has 100 valence electrons. The molecule has 2 fully saturated rings. The molecule has 0 amide bonds. The van der Waals surface area contributed by atoms with Crippen molar-refractivity contribution < 1.29 is 4.74 Å². The van der Waals surface area contributed by atoms with Crippen LogP contribution in [0.4, 0.5) is 0 Å². The molecular formula is C13H27N3O. The van der Waals surface area contributed by atoms with Crippen LogP contribution in [0.15, 0.2) is 0 Å². The molecule has 0 aromatic rings. The van der Waals surface area contributed by atoms with Crippen LogP contribution in [0.1, 0.15) is 26.2 Å². The Morgan fingerprint density at radius 2 is 2.29 bits per heavy atom. The lowest BCUT2D eigenvalue weighted by Crippen LogP contribution is -2.59. The normalized spacial score (nSPS) is 33.5. The molecule has 2 saturated heterocycles. The smallest absolute Gasteiger partial charge is 0.0593 e. The van der Waals surface area contributed by atoms with Gasteiger partial charge in [-0.25, -0.2) is 0 Å². The lowest BCUT2D eigenvalue weighted by molar-refractivity contribution is 0.0510. The van der Waals surface area contributed by atoms with Crippen molar-refractivity contribution >= 4 is 0 Å². The number of rotatable bonds is 6. The second kappa shape index (κ2) is 5.65. The van der Waals surface area contributed by atoms with E-state index in [1.807, 2.05) is 6.92 Å². The number of nitrogens with two attached hydrogens (primary N) is 1. The van der Waals surface area contributed by atoms with Gasteiger partial charge in [0.2, 0.25) is 0 Å². The van der Waals surface area contributed by atoms with Crippen LogP contribution in [0.5, 0.6) is 0 Å². The maximum absolute atomic E-state index is 6.12. The van der Waals surface area contributed by atoms with Crippen molar-refractivity contribution in [2.45, 2.75) is 37.8 Å². The SMILES string of the molecule is CCOCCN(C)C1(CN)CCN2CCCC21. The second-order valence-corrected chi connectivity index (χ2v) is 5.37. The number of hydrogen-bond donors (Lipinski definition) is 1. The van der Waals surface area contributed by atoms with Crippen molar-refractivity contribution in [3.63, 3.8) is 0 Å². The summed E-state index contributed by atoms with van der Waals surface area (Å²) < 4.78 is 5.47. The van der Waals surface area contributed by atoms with E-state index >= 15 is 0 Å². The highest BCUT2D eigenvalue weighted by Gasteiger charge is 2.50. The highest BCUT2D eigenvalue weighted by molar-refractivity contribution is 5.09. The van der Waals surface area contributed by atoms with E-state index in [1.54, 1.807) is 0 Å².